The maximum Gasteiger partial charge on any atom is 1.00 e. The van der Waals surface area contributed by atoms with Crippen molar-refractivity contribution in [1.82, 2.24) is 0 Å². The van der Waals surface area contributed by atoms with Crippen molar-refractivity contribution in [3.63, 3.8) is 0 Å². The second-order valence-electron chi connectivity index (χ2n) is 4.56. The zero-order chi connectivity index (χ0) is 16.4. The predicted molar refractivity (Wildman–Crippen MR) is 65.4 cm³/mol. The number of nitro groups is 1. The predicted octanol–water partition coefficient (Wildman–Crippen LogP) is -5.46. The zero-order valence-corrected chi connectivity index (χ0v) is 15.1. The first-order valence-corrected chi connectivity index (χ1v) is 6.13. The second kappa shape index (κ2) is 8.46. The van der Waals surface area contributed by atoms with E-state index in [1.54, 1.807) is 0 Å². The number of hydrogen-bond donors (Lipinski definition) is 3. The van der Waals surface area contributed by atoms with E-state index in [4.69, 9.17) is 9.47 Å². The van der Waals surface area contributed by atoms with Gasteiger partial charge in [-0.05, 0) is 6.07 Å². The molecule has 5 atom stereocenters. The number of rotatable bonds is 4. The van der Waals surface area contributed by atoms with Crippen LogP contribution in [0.2, 0.25) is 0 Å². The van der Waals surface area contributed by atoms with Crippen LogP contribution in [-0.2, 0) is 9.53 Å². The Morgan fingerprint density at radius 2 is 1.78 bits per heavy atom. The minimum atomic E-state index is -1.95. The monoisotopic (exact) mass is 353 g/mol. The Kier molecular flexibility index (Phi) is 7.51. The van der Waals surface area contributed by atoms with Gasteiger partial charge in [0.15, 0.2) is 5.75 Å². The molecule has 1 aromatic rings. The Morgan fingerprint density at radius 3 is 2.35 bits per heavy atom. The largest absolute Gasteiger partial charge is 1.00 e. The number of nitrogens with zero attached hydrogens (tertiary/aromatic N) is 1. The molecule has 1 heterocycles. The average Bonchev–Trinajstić information content (AvgIpc) is 2.47. The van der Waals surface area contributed by atoms with Crippen LogP contribution in [0.15, 0.2) is 24.3 Å². The van der Waals surface area contributed by atoms with Gasteiger partial charge in [0.25, 0.3) is 0 Å². The molecule has 0 aromatic heterocycles. The van der Waals surface area contributed by atoms with Gasteiger partial charge in [-0.1, -0.05) is 12.1 Å². The number of carboxylic acids is 1. The van der Waals surface area contributed by atoms with Crippen molar-refractivity contribution in [2.75, 3.05) is 0 Å². The summed E-state index contributed by atoms with van der Waals surface area (Å²) in [6, 6.07) is 5.14. The minimum absolute atomic E-state index is 0. The van der Waals surface area contributed by atoms with Gasteiger partial charge in [0.1, 0.15) is 24.4 Å². The van der Waals surface area contributed by atoms with E-state index >= 15 is 0 Å². The summed E-state index contributed by atoms with van der Waals surface area (Å²) in [5.74, 6) is -2.12. The van der Waals surface area contributed by atoms with E-state index in [2.05, 4.69) is 0 Å². The minimum Gasteiger partial charge on any atom is -0.547 e. The van der Waals surface area contributed by atoms with Crippen molar-refractivity contribution in [1.29, 1.82) is 0 Å². The molecule has 1 saturated heterocycles. The molecule has 1 fully saturated rings. The standard InChI is InChI=1S/C12H13NO9.K/c14-7-8(15)10(11(17)18)22-12(9(7)16)21-6-4-2-1-3-5(6)13(19)20;/h1-4,7-10,12,14-16H,(H,17,18);/q;+1/p-1/t7-,8-,9+,10-,12+;/m0./s1. The SMILES string of the molecule is O=C([O-])[C@H]1O[C@@H](Oc2ccccc2[N+](=O)[O-])[C@H](O)[C@@H](O)[C@@H]1O.[K+]. The summed E-state index contributed by atoms with van der Waals surface area (Å²) in [6.45, 7) is 0. The third-order valence-corrected chi connectivity index (χ3v) is 3.11. The number of ether oxygens (including phenoxy) is 2. The fraction of sp³-hybridized carbons (Fsp3) is 0.417. The topological polar surface area (TPSA) is 162 Å². The number of para-hydroxylation sites is 2. The maximum atomic E-state index is 10.9. The summed E-state index contributed by atoms with van der Waals surface area (Å²) in [5, 5.41) is 50.5. The van der Waals surface area contributed by atoms with Crippen molar-refractivity contribution in [2.24, 2.45) is 0 Å². The Balaban J connectivity index is 0.00000264. The van der Waals surface area contributed by atoms with E-state index in [0.717, 1.165) is 6.07 Å². The number of aliphatic hydroxyl groups excluding tert-OH is 3. The van der Waals surface area contributed by atoms with E-state index in [9.17, 15) is 35.3 Å². The van der Waals surface area contributed by atoms with Gasteiger partial charge in [-0.15, -0.1) is 0 Å². The van der Waals surface area contributed by atoms with E-state index < -0.39 is 47.3 Å². The van der Waals surface area contributed by atoms with Crippen LogP contribution in [0.25, 0.3) is 0 Å². The maximum absolute atomic E-state index is 10.9. The van der Waals surface area contributed by atoms with Gasteiger partial charge in [-0.25, -0.2) is 0 Å². The molecular formula is C12H12KNO9. The summed E-state index contributed by atoms with van der Waals surface area (Å²) in [7, 11) is 0. The third kappa shape index (κ3) is 4.46. The first-order valence-electron chi connectivity index (χ1n) is 6.13. The van der Waals surface area contributed by atoms with Crippen molar-refractivity contribution < 1.29 is 91.0 Å². The van der Waals surface area contributed by atoms with Gasteiger partial charge in [-0.2, -0.15) is 0 Å². The van der Waals surface area contributed by atoms with E-state index in [1.165, 1.54) is 18.2 Å². The molecule has 0 saturated carbocycles. The molecule has 23 heavy (non-hydrogen) atoms. The van der Waals surface area contributed by atoms with Crippen LogP contribution in [0.3, 0.4) is 0 Å². The normalized spacial score (nSPS) is 30.1. The first-order chi connectivity index (χ1) is 10.3. The summed E-state index contributed by atoms with van der Waals surface area (Å²) >= 11 is 0. The van der Waals surface area contributed by atoms with Crippen molar-refractivity contribution in [3.8, 4) is 5.75 Å². The summed E-state index contributed by atoms with van der Waals surface area (Å²) < 4.78 is 9.90. The molecule has 0 spiro atoms. The Labute approximate surface area is 172 Å². The molecule has 0 aliphatic carbocycles. The summed E-state index contributed by atoms with van der Waals surface area (Å²) in [5.41, 5.74) is -0.441. The smallest absolute Gasteiger partial charge is 0.547 e. The van der Waals surface area contributed by atoms with Crippen LogP contribution in [0.5, 0.6) is 5.75 Å². The van der Waals surface area contributed by atoms with Crippen LogP contribution in [0, 0.1) is 10.1 Å². The average molecular weight is 353 g/mol. The number of carbonyl (C=O) groups excluding carboxylic acids is 1. The number of carbonyl (C=O) groups is 1. The molecular weight excluding hydrogens is 341 g/mol. The molecule has 0 unspecified atom stereocenters. The molecule has 0 bridgehead atoms. The third-order valence-electron chi connectivity index (χ3n) is 3.11. The molecule has 2 rings (SSSR count). The van der Waals surface area contributed by atoms with Gasteiger partial charge >= 0.3 is 57.1 Å². The fourth-order valence-electron chi connectivity index (χ4n) is 1.97. The molecule has 1 aliphatic rings. The van der Waals surface area contributed by atoms with Gasteiger partial charge in [0.2, 0.25) is 6.29 Å². The van der Waals surface area contributed by atoms with Gasteiger partial charge < -0.3 is 34.7 Å². The number of hydrogen-bond acceptors (Lipinski definition) is 9. The molecule has 0 amide bonds. The van der Waals surface area contributed by atoms with Crippen LogP contribution >= 0.6 is 0 Å². The van der Waals surface area contributed by atoms with Crippen LogP contribution in [0.4, 0.5) is 5.69 Å². The number of aliphatic hydroxyl groups is 3. The number of aliphatic carboxylic acids is 1. The van der Waals surface area contributed by atoms with Gasteiger partial charge in [0.05, 0.1) is 10.9 Å². The van der Waals surface area contributed by atoms with Crippen LogP contribution in [-0.4, -0.2) is 56.9 Å². The van der Waals surface area contributed by atoms with Gasteiger partial charge in [-0.3, -0.25) is 10.1 Å². The van der Waals surface area contributed by atoms with Crippen molar-refractivity contribution in [2.45, 2.75) is 30.7 Å². The molecule has 120 valence electrons. The second-order valence-corrected chi connectivity index (χ2v) is 4.56. The Bertz CT molecular complexity index is 583. The van der Waals surface area contributed by atoms with E-state index in [0.29, 0.717) is 0 Å². The Morgan fingerprint density at radius 1 is 1.17 bits per heavy atom. The molecule has 3 N–H and O–H groups in total. The van der Waals surface area contributed by atoms with Crippen molar-refractivity contribution in [3.05, 3.63) is 34.4 Å². The number of carboxylic acid groups (broad SMARTS) is 1. The van der Waals surface area contributed by atoms with Crippen molar-refractivity contribution >= 4 is 11.7 Å². The van der Waals surface area contributed by atoms with E-state index in [-0.39, 0.29) is 57.1 Å². The molecule has 1 aromatic carbocycles. The number of benzene rings is 1. The quantitative estimate of drug-likeness (QED) is 0.272. The molecule has 10 nitrogen and oxygen atoms in total. The van der Waals surface area contributed by atoms with Gasteiger partial charge in [0, 0.05) is 6.07 Å². The Hall–Kier alpha value is -0.634. The number of nitro benzene ring substituents is 1. The van der Waals surface area contributed by atoms with Crippen LogP contribution < -0.4 is 61.2 Å². The molecule has 0 radical (unpaired) electrons. The zero-order valence-electron chi connectivity index (χ0n) is 11.9. The summed E-state index contributed by atoms with van der Waals surface area (Å²) in [4.78, 5) is 21.0. The molecule has 11 heteroatoms. The summed E-state index contributed by atoms with van der Waals surface area (Å²) in [6.07, 6.45) is -9.31. The van der Waals surface area contributed by atoms with E-state index in [1.807, 2.05) is 0 Å². The van der Waals surface area contributed by atoms with Crippen LogP contribution in [0.1, 0.15) is 0 Å². The fourth-order valence-corrected chi connectivity index (χ4v) is 1.97. The molecule has 1 aliphatic heterocycles. The first kappa shape index (κ1) is 20.4.